The number of hydrogen-bond acceptors (Lipinski definition) is 1. The van der Waals surface area contributed by atoms with E-state index in [0.717, 1.165) is 19.3 Å². The molecule has 0 unspecified atom stereocenters. The average Bonchev–Trinajstić information content (AvgIpc) is 2.97. The second kappa shape index (κ2) is 4.58. The molecule has 2 bridgehead atoms. The van der Waals surface area contributed by atoms with Gasteiger partial charge in [0.2, 0.25) is 0 Å². The molecule has 0 heterocycles. The molecule has 1 aromatic carbocycles. The van der Waals surface area contributed by atoms with Crippen molar-refractivity contribution >= 4 is 5.78 Å². The van der Waals surface area contributed by atoms with E-state index in [2.05, 4.69) is 32.6 Å². The largest absolute Gasteiger partial charge is 0.299 e. The highest BCUT2D eigenvalue weighted by atomic mass is 16.1. The summed E-state index contributed by atoms with van der Waals surface area (Å²) < 4.78 is 0. The van der Waals surface area contributed by atoms with Gasteiger partial charge in [0.25, 0.3) is 0 Å². The van der Waals surface area contributed by atoms with Crippen LogP contribution in [0.15, 0.2) is 42.5 Å². The summed E-state index contributed by atoms with van der Waals surface area (Å²) in [4.78, 5) is 12.9. The summed E-state index contributed by atoms with van der Waals surface area (Å²) in [5.74, 6) is 1.05. The Bertz CT molecular complexity index is 540. The number of allylic oxidation sites excluding steroid dienone is 1. The number of hydrogen-bond donors (Lipinski definition) is 0. The number of carbonyl (C=O) groups is 1. The third-order valence-electron chi connectivity index (χ3n) is 6.02. The van der Waals surface area contributed by atoms with Gasteiger partial charge in [-0.05, 0) is 42.6 Å². The lowest BCUT2D eigenvalue weighted by atomic mass is 9.60. The molecule has 2 aliphatic rings. The van der Waals surface area contributed by atoms with Gasteiger partial charge in [0.15, 0.2) is 0 Å². The Hall–Kier alpha value is -1.37. The molecule has 1 aromatic rings. The number of ketones is 1. The van der Waals surface area contributed by atoms with Crippen LogP contribution in [0.3, 0.4) is 0 Å². The topological polar surface area (TPSA) is 17.1 Å². The van der Waals surface area contributed by atoms with Gasteiger partial charge in [-0.1, -0.05) is 56.3 Å². The Labute approximate surface area is 122 Å². The van der Waals surface area contributed by atoms with E-state index in [-0.39, 0.29) is 10.8 Å². The second-order valence-electron chi connectivity index (χ2n) is 7.08. The molecule has 0 spiro atoms. The van der Waals surface area contributed by atoms with Gasteiger partial charge in [-0.2, -0.15) is 0 Å². The first kappa shape index (κ1) is 13.6. The molecule has 1 nitrogen and oxygen atoms in total. The number of rotatable bonds is 4. The molecule has 2 atom stereocenters. The Morgan fingerprint density at radius 2 is 2.00 bits per heavy atom. The minimum Gasteiger partial charge on any atom is -0.299 e. The molecule has 2 fully saturated rings. The molecule has 106 valence electrons. The lowest BCUT2D eigenvalue weighted by Gasteiger charge is -2.42. The minimum absolute atomic E-state index is 0.0102. The van der Waals surface area contributed by atoms with Crippen molar-refractivity contribution in [1.82, 2.24) is 0 Å². The molecule has 0 saturated heterocycles. The van der Waals surface area contributed by atoms with Crippen LogP contribution in [0.4, 0.5) is 0 Å². The van der Waals surface area contributed by atoms with E-state index in [1.54, 1.807) is 0 Å². The molecule has 0 aliphatic heterocycles. The highest BCUT2D eigenvalue weighted by Crippen LogP contribution is 2.67. The van der Waals surface area contributed by atoms with Crippen LogP contribution in [-0.2, 0) is 11.2 Å². The average molecular weight is 268 g/mol. The van der Waals surface area contributed by atoms with Gasteiger partial charge in [0.1, 0.15) is 5.78 Å². The van der Waals surface area contributed by atoms with Crippen molar-refractivity contribution < 1.29 is 4.79 Å². The normalized spacial score (nSPS) is 30.7. The van der Waals surface area contributed by atoms with Crippen LogP contribution in [0.5, 0.6) is 0 Å². The molecule has 0 radical (unpaired) electrons. The molecule has 2 aliphatic carbocycles. The zero-order valence-corrected chi connectivity index (χ0v) is 12.6. The fourth-order valence-corrected chi connectivity index (χ4v) is 4.47. The summed E-state index contributed by atoms with van der Waals surface area (Å²) in [6, 6.07) is 10.3. The maximum Gasteiger partial charge on any atom is 0.140 e. The van der Waals surface area contributed by atoms with Gasteiger partial charge in [-0.15, -0.1) is 0 Å². The number of fused-ring (bicyclic) bond motifs is 2. The van der Waals surface area contributed by atoms with E-state index in [1.165, 1.54) is 17.6 Å². The van der Waals surface area contributed by atoms with E-state index in [9.17, 15) is 4.79 Å². The molecule has 1 heteroatoms. The van der Waals surface area contributed by atoms with Crippen LogP contribution in [-0.4, -0.2) is 5.78 Å². The van der Waals surface area contributed by atoms with Crippen LogP contribution >= 0.6 is 0 Å². The van der Waals surface area contributed by atoms with Gasteiger partial charge in [0, 0.05) is 11.8 Å². The highest BCUT2D eigenvalue weighted by Gasteiger charge is 2.62. The molecule has 0 amide bonds. The summed E-state index contributed by atoms with van der Waals surface area (Å²) in [6.45, 7) is 8.75. The molecule has 0 N–H and O–H groups in total. The third kappa shape index (κ3) is 1.79. The summed E-state index contributed by atoms with van der Waals surface area (Å²) in [5, 5.41) is 0. The predicted octanol–water partition coefficient (Wildman–Crippen LogP) is 4.57. The summed E-state index contributed by atoms with van der Waals surface area (Å²) in [6.07, 6.45) is 4.82. The fourth-order valence-electron chi connectivity index (χ4n) is 4.47. The maximum atomic E-state index is 12.9. The molecule has 20 heavy (non-hydrogen) atoms. The van der Waals surface area contributed by atoms with E-state index >= 15 is 0 Å². The lowest BCUT2D eigenvalue weighted by Crippen LogP contribution is -2.41. The van der Waals surface area contributed by atoms with E-state index < -0.39 is 0 Å². The number of carbonyl (C=O) groups excluding carboxylic acids is 1. The van der Waals surface area contributed by atoms with Gasteiger partial charge in [-0.3, -0.25) is 4.79 Å². The van der Waals surface area contributed by atoms with Crippen LogP contribution in [0.2, 0.25) is 0 Å². The first-order chi connectivity index (χ1) is 9.47. The third-order valence-corrected chi connectivity index (χ3v) is 6.02. The zero-order valence-electron chi connectivity index (χ0n) is 12.6. The number of aryl methyl sites for hydroxylation is 1. The summed E-state index contributed by atoms with van der Waals surface area (Å²) in [5.41, 5.74) is 2.45. The van der Waals surface area contributed by atoms with Gasteiger partial charge in [-0.25, -0.2) is 0 Å². The van der Waals surface area contributed by atoms with Crippen LogP contribution in [0.25, 0.3) is 0 Å². The SMILES string of the molecule is C=C1[C@H]2CC[C@](C(=O)CCc3ccccc3)(C2)C1(C)C. The van der Waals surface area contributed by atoms with Crippen LogP contribution in [0.1, 0.15) is 45.1 Å². The highest BCUT2D eigenvalue weighted by molar-refractivity contribution is 5.87. The second-order valence-corrected chi connectivity index (χ2v) is 7.08. The smallest absolute Gasteiger partial charge is 0.140 e. The van der Waals surface area contributed by atoms with Gasteiger partial charge < -0.3 is 0 Å². The predicted molar refractivity (Wildman–Crippen MR) is 82.5 cm³/mol. The van der Waals surface area contributed by atoms with Crippen molar-refractivity contribution in [3.05, 3.63) is 48.0 Å². The van der Waals surface area contributed by atoms with Crippen molar-refractivity contribution in [2.75, 3.05) is 0 Å². The van der Waals surface area contributed by atoms with Crippen molar-refractivity contribution in [2.45, 2.75) is 46.0 Å². The quantitative estimate of drug-likeness (QED) is 0.731. The Morgan fingerprint density at radius 1 is 1.30 bits per heavy atom. The molecular formula is C19H24O. The summed E-state index contributed by atoms with van der Waals surface area (Å²) >= 11 is 0. The van der Waals surface area contributed by atoms with Crippen molar-refractivity contribution in [2.24, 2.45) is 16.7 Å². The fraction of sp³-hybridized carbons (Fsp3) is 0.526. The van der Waals surface area contributed by atoms with E-state index in [1.807, 2.05) is 18.2 Å². The minimum atomic E-state index is -0.121. The Kier molecular flexibility index (Phi) is 3.12. The standard InChI is InChI=1S/C19H24O/c1-14-16-11-12-19(13-16,18(14,2)3)17(20)10-9-15-7-5-4-6-8-15/h4-8,16H,1,9-13H2,2-3H3/t16-,19+/m0/s1. The van der Waals surface area contributed by atoms with Gasteiger partial charge in [0.05, 0.1) is 0 Å². The zero-order chi connectivity index (χ0) is 14.4. The Morgan fingerprint density at radius 3 is 2.60 bits per heavy atom. The monoisotopic (exact) mass is 268 g/mol. The lowest BCUT2D eigenvalue weighted by molar-refractivity contribution is -0.132. The van der Waals surface area contributed by atoms with Crippen molar-refractivity contribution in [3.63, 3.8) is 0 Å². The Balaban J connectivity index is 1.76. The van der Waals surface area contributed by atoms with E-state index in [0.29, 0.717) is 18.1 Å². The van der Waals surface area contributed by atoms with E-state index in [4.69, 9.17) is 0 Å². The first-order valence-electron chi connectivity index (χ1n) is 7.74. The molecule has 2 saturated carbocycles. The van der Waals surface area contributed by atoms with Crippen molar-refractivity contribution in [1.29, 1.82) is 0 Å². The number of benzene rings is 1. The van der Waals surface area contributed by atoms with Crippen LogP contribution < -0.4 is 0 Å². The number of Topliss-reactive ketones (excluding diaryl/α,β-unsaturated/α-hetero) is 1. The molecular weight excluding hydrogens is 244 g/mol. The molecule has 3 rings (SSSR count). The maximum absolute atomic E-state index is 12.9. The van der Waals surface area contributed by atoms with Crippen molar-refractivity contribution in [3.8, 4) is 0 Å². The van der Waals surface area contributed by atoms with Crippen LogP contribution in [0, 0.1) is 16.7 Å². The molecule has 0 aromatic heterocycles. The first-order valence-corrected chi connectivity index (χ1v) is 7.74. The van der Waals surface area contributed by atoms with Gasteiger partial charge >= 0.3 is 0 Å². The summed E-state index contributed by atoms with van der Waals surface area (Å²) in [7, 11) is 0.